The average molecular weight is 284 g/mol. The minimum absolute atomic E-state index is 0.0679. The number of hydrogen-bond donors (Lipinski definition) is 2. The molecule has 0 spiro atoms. The minimum atomic E-state index is -0.567. The Hall–Kier alpha value is -1.96. The molecule has 20 heavy (non-hydrogen) atoms. The van der Waals surface area contributed by atoms with Crippen molar-refractivity contribution in [2.45, 2.75) is 26.2 Å². The number of ether oxygens (including phenoxy) is 1. The number of methoxy groups -OCH3 is 1. The number of aliphatic hydroxyl groups is 1. The summed E-state index contributed by atoms with van der Waals surface area (Å²) < 4.78 is 4.88. The Labute approximate surface area is 117 Å². The van der Waals surface area contributed by atoms with Crippen LogP contribution in [0.15, 0.2) is 6.33 Å². The third-order valence-corrected chi connectivity index (χ3v) is 2.96. The lowest BCUT2D eigenvalue weighted by Crippen LogP contribution is -2.17. The van der Waals surface area contributed by atoms with Crippen molar-refractivity contribution < 1.29 is 14.8 Å². The first-order valence-corrected chi connectivity index (χ1v) is 6.52. The van der Waals surface area contributed by atoms with Crippen LogP contribution in [-0.4, -0.2) is 40.3 Å². The lowest BCUT2D eigenvalue weighted by molar-refractivity contribution is -0.385. The Morgan fingerprint density at radius 3 is 2.80 bits per heavy atom. The van der Waals surface area contributed by atoms with Crippen LogP contribution >= 0.6 is 0 Å². The number of aliphatic hydroxyl groups excluding tert-OH is 1. The van der Waals surface area contributed by atoms with E-state index in [1.165, 1.54) is 13.4 Å². The molecule has 0 amide bonds. The molecule has 0 saturated heterocycles. The van der Waals surface area contributed by atoms with Crippen molar-refractivity contribution in [3.8, 4) is 5.88 Å². The smallest absolute Gasteiger partial charge is 0.372 e. The van der Waals surface area contributed by atoms with Gasteiger partial charge in [-0.15, -0.1) is 0 Å². The van der Waals surface area contributed by atoms with Gasteiger partial charge in [-0.3, -0.25) is 10.1 Å². The maximum atomic E-state index is 11.1. The molecule has 0 bridgehead atoms. The van der Waals surface area contributed by atoms with E-state index in [-0.39, 0.29) is 29.9 Å². The highest BCUT2D eigenvalue weighted by Gasteiger charge is 2.24. The van der Waals surface area contributed by atoms with Gasteiger partial charge < -0.3 is 15.2 Å². The van der Waals surface area contributed by atoms with Crippen molar-refractivity contribution >= 4 is 11.5 Å². The molecule has 0 radical (unpaired) electrons. The van der Waals surface area contributed by atoms with E-state index < -0.39 is 4.92 Å². The van der Waals surface area contributed by atoms with Crippen molar-refractivity contribution in [1.82, 2.24) is 9.97 Å². The third-order valence-electron chi connectivity index (χ3n) is 2.96. The summed E-state index contributed by atoms with van der Waals surface area (Å²) in [6.07, 6.45) is 3.79. The van der Waals surface area contributed by atoms with Gasteiger partial charge in [-0.25, -0.2) is 4.98 Å². The third kappa shape index (κ3) is 4.30. The number of nitrogens with zero attached hydrogens (tertiary/aromatic N) is 3. The van der Waals surface area contributed by atoms with Gasteiger partial charge in [0.2, 0.25) is 5.82 Å². The van der Waals surface area contributed by atoms with Gasteiger partial charge in [0.25, 0.3) is 5.88 Å². The number of rotatable bonds is 9. The molecular weight excluding hydrogens is 264 g/mol. The molecule has 0 saturated carbocycles. The lowest BCUT2D eigenvalue weighted by Gasteiger charge is -2.16. The quantitative estimate of drug-likeness (QED) is 0.523. The molecule has 0 fully saturated rings. The second-order valence-corrected chi connectivity index (χ2v) is 4.39. The molecule has 8 nitrogen and oxygen atoms in total. The van der Waals surface area contributed by atoms with Gasteiger partial charge >= 0.3 is 5.69 Å². The molecule has 8 heteroatoms. The maximum Gasteiger partial charge on any atom is 0.372 e. The average Bonchev–Trinajstić information content (AvgIpc) is 2.44. The molecule has 1 unspecified atom stereocenters. The number of hydrogen-bond acceptors (Lipinski definition) is 7. The van der Waals surface area contributed by atoms with Gasteiger partial charge in [-0.05, 0) is 18.8 Å². The second-order valence-electron chi connectivity index (χ2n) is 4.39. The van der Waals surface area contributed by atoms with Crippen molar-refractivity contribution in [3.05, 3.63) is 16.4 Å². The normalized spacial score (nSPS) is 11.9. The zero-order valence-electron chi connectivity index (χ0n) is 11.7. The summed E-state index contributed by atoms with van der Waals surface area (Å²) >= 11 is 0. The highest BCUT2D eigenvalue weighted by Crippen LogP contribution is 2.30. The summed E-state index contributed by atoms with van der Waals surface area (Å²) in [5.41, 5.74) is -0.269. The van der Waals surface area contributed by atoms with Gasteiger partial charge in [0, 0.05) is 13.2 Å². The van der Waals surface area contributed by atoms with Crippen LogP contribution in [0.2, 0.25) is 0 Å². The number of nitro groups is 1. The van der Waals surface area contributed by atoms with E-state index in [9.17, 15) is 10.1 Å². The van der Waals surface area contributed by atoms with Gasteiger partial charge in [-0.1, -0.05) is 13.3 Å². The summed E-state index contributed by atoms with van der Waals surface area (Å²) in [6.45, 7) is 2.66. The fraction of sp³-hybridized carbons (Fsp3) is 0.667. The highest BCUT2D eigenvalue weighted by atomic mass is 16.6. The Balaban J connectivity index is 2.83. The van der Waals surface area contributed by atoms with Crippen LogP contribution in [0, 0.1) is 16.0 Å². The van der Waals surface area contributed by atoms with Gasteiger partial charge in [0.15, 0.2) is 0 Å². The molecule has 1 atom stereocenters. The van der Waals surface area contributed by atoms with Gasteiger partial charge in [0.05, 0.1) is 12.0 Å². The summed E-state index contributed by atoms with van der Waals surface area (Å²) in [5.74, 6) is 0.313. The maximum absolute atomic E-state index is 11.1. The molecule has 0 aliphatic carbocycles. The number of nitrogens with one attached hydrogen (secondary N) is 1. The van der Waals surface area contributed by atoms with Crippen LogP contribution in [0.3, 0.4) is 0 Å². The highest BCUT2D eigenvalue weighted by molar-refractivity contribution is 5.61. The minimum Gasteiger partial charge on any atom is -0.476 e. The van der Waals surface area contributed by atoms with Gasteiger partial charge in [0.1, 0.15) is 6.33 Å². The molecule has 2 N–H and O–H groups in total. The second kappa shape index (κ2) is 8.26. The van der Waals surface area contributed by atoms with Crippen molar-refractivity contribution in [2.75, 3.05) is 25.6 Å². The molecule has 112 valence electrons. The molecule has 0 aliphatic heterocycles. The Bertz CT molecular complexity index is 435. The van der Waals surface area contributed by atoms with E-state index in [1.54, 1.807) is 0 Å². The standard InChI is InChI=1S/C12H20N4O4/c1-3-4-9(5-6-17)7-13-11-10(16(18)19)12(20-2)15-8-14-11/h8-9,17H,3-7H2,1-2H3,(H,13,14,15). The lowest BCUT2D eigenvalue weighted by atomic mass is 10.0. The monoisotopic (exact) mass is 284 g/mol. The van der Waals surface area contributed by atoms with Crippen LogP contribution in [-0.2, 0) is 0 Å². The van der Waals surface area contributed by atoms with Gasteiger partial charge in [-0.2, -0.15) is 4.98 Å². The molecule has 0 aliphatic rings. The van der Waals surface area contributed by atoms with Crippen LogP contribution in [0.5, 0.6) is 5.88 Å². The fourth-order valence-electron chi connectivity index (χ4n) is 1.99. The Morgan fingerprint density at radius 1 is 1.50 bits per heavy atom. The first-order valence-electron chi connectivity index (χ1n) is 6.52. The first-order chi connectivity index (χ1) is 9.63. The van der Waals surface area contributed by atoms with Crippen LogP contribution in [0.4, 0.5) is 11.5 Å². The zero-order chi connectivity index (χ0) is 15.0. The molecule has 1 aromatic heterocycles. The van der Waals surface area contributed by atoms with E-state index in [0.29, 0.717) is 13.0 Å². The van der Waals surface area contributed by atoms with Crippen molar-refractivity contribution in [2.24, 2.45) is 5.92 Å². The molecule has 1 heterocycles. The fourth-order valence-corrected chi connectivity index (χ4v) is 1.99. The van der Waals surface area contributed by atoms with E-state index in [0.717, 1.165) is 12.8 Å². The molecule has 1 rings (SSSR count). The Morgan fingerprint density at radius 2 is 2.25 bits per heavy atom. The predicted octanol–water partition coefficient (Wildman–Crippen LogP) is 1.60. The van der Waals surface area contributed by atoms with E-state index in [2.05, 4.69) is 22.2 Å². The van der Waals surface area contributed by atoms with Crippen molar-refractivity contribution in [1.29, 1.82) is 0 Å². The number of aromatic nitrogens is 2. The summed E-state index contributed by atoms with van der Waals surface area (Å²) in [6, 6.07) is 0. The van der Waals surface area contributed by atoms with Crippen LogP contribution < -0.4 is 10.1 Å². The Kier molecular flexibility index (Phi) is 6.65. The van der Waals surface area contributed by atoms with E-state index >= 15 is 0 Å². The SMILES string of the molecule is CCCC(CCO)CNc1ncnc(OC)c1[N+](=O)[O-]. The summed E-state index contributed by atoms with van der Waals surface area (Å²) in [4.78, 5) is 18.1. The molecule has 1 aromatic rings. The van der Waals surface area contributed by atoms with E-state index in [1.807, 2.05) is 0 Å². The van der Waals surface area contributed by atoms with Crippen LogP contribution in [0.1, 0.15) is 26.2 Å². The van der Waals surface area contributed by atoms with Crippen LogP contribution in [0.25, 0.3) is 0 Å². The largest absolute Gasteiger partial charge is 0.476 e. The topological polar surface area (TPSA) is 110 Å². The van der Waals surface area contributed by atoms with Crippen molar-refractivity contribution in [3.63, 3.8) is 0 Å². The zero-order valence-corrected chi connectivity index (χ0v) is 11.7. The van der Waals surface area contributed by atoms with E-state index in [4.69, 9.17) is 9.84 Å². The summed E-state index contributed by atoms with van der Waals surface area (Å²) in [5, 5.41) is 23.0. The predicted molar refractivity (Wildman–Crippen MR) is 73.8 cm³/mol. The summed E-state index contributed by atoms with van der Waals surface area (Å²) in [7, 11) is 1.32. The first kappa shape index (κ1) is 16.1. The molecular formula is C12H20N4O4. The molecule has 0 aromatic carbocycles. The number of anilines is 1.